The highest BCUT2D eigenvalue weighted by atomic mass is 35.5. The molecule has 10 heteroatoms. The van der Waals surface area contributed by atoms with Gasteiger partial charge in [-0.3, -0.25) is 9.78 Å². The molecule has 2 aromatic heterocycles. The van der Waals surface area contributed by atoms with E-state index in [-0.39, 0.29) is 11.9 Å². The SMILES string of the molecule is COc1cc(-c2nn(-c3ccc(NC(=O)NCCCNC(=O)c4ccccc4)cc3)cc2-c2ccncc2)ccc1Cl. The maximum Gasteiger partial charge on any atom is 0.319 e. The van der Waals surface area contributed by atoms with Gasteiger partial charge >= 0.3 is 6.03 Å². The fourth-order valence-corrected chi connectivity index (χ4v) is 4.52. The number of ether oxygens (including phenoxy) is 1. The summed E-state index contributed by atoms with van der Waals surface area (Å²) in [6.45, 7) is 0.876. The van der Waals surface area contributed by atoms with Crippen LogP contribution in [-0.2, 0) is 0 Å². The number of amides is 3. The minimum Gasteiger partial charge on any atom is -0.495 e. The second-order valence-electron chi connectivity index (χ2n) is 9.32. The summed E-state index contributed by atoms with van der Waals surface area (Å²) in [5, 5.41) is 13.9. The zero-order chi connectivity index (χ0) is 29.3. The van der Waals surface area contributed by atoms with E-state index in [4.69, 9.17) is 21.4 Å². The summed E-state index contributed by atoms with van der Waals surface area (Å²) in [5.41, 5.74) is 5.57. The Kier molecular flexibility index (Phi) is 9.10. The van der Waals surface area contributed by atoms with Gasteiger partial charge in [-0.05, 0) is 72.6 Å². The number of methoxy groups -OCH3 is 1. The molecule has 0 spiro atoms. The predicted molar refractivity (Wildman–Crippen MR) is 164 cm³/mol. The molecule has 42 heavy (non-hydrogen) atoms. The van der Waals surface area contributed by atoms with E-state index >= 15 is 0 Å². The summed E-state index contributed by atoms with van der Waals surface area (Å²) in [6, 6.07) is 25.5. The van der Waals surface area contributed by atoms with Gasteiger partial charge in [0.2, 0.25) is 0 Å². The van der Waals surface area contributed by atoms with Crippen molar-refractivity contribution < 1.29 is 14.3 Å². The van der Waals surface area contributed by atoms with Crippen molar-refractivity contribution in [2.75, 3.05) is 25.5 Å². The lowest BCUT2D eigenvalue weighted by atomic mass is 10.0. The summed E-state index contributed by atoms with van der Waals surface area (Å²) in [6.07, 6.45) is 6.04. The van der Waals surface area contributed by atoms with E-state index in [1.165, 1.54) is 0 Å². The van der Waals surface area contributed by atoms with Gasteiger partial charge < -0.3 is 20.7 Å². The smallest absolute Gasteiger partial charge is 0.319 e. The largest absolute Gasteiger partial charge is 0.495 e. The molecule has 0 bridgehead atoms. The Bertz CT molecular complexity index is 1660. The van der Waals surface area contributed by atoms with Crippen LogP contribution in [0.3, 0.4) is 0 Å². The van der Waals surface area contributed by atoms with E-state index < -0.39 is 0 Å². The number of benzene rings is 3. The van der Waals surface area contributed by atoms with Gasteiger partial charge in [0.15, 0.2) is 0 Å². The number of nitrogens with one attached hydrogen (secondary N) is 3. The molecule has 0 saturated carbocycles. The van der Waals surface area contributed by atoms with Crippen LogP contribution in [0.1, 0.15) is 16.8 Å². The molecule has 0 radical (unpaired) electrons. The molecule has 0 aliphatic heterocycles. The molecular weight excluding hydrogens is 552 g/mol. The molecule has 0 aliphatic rings. The van der Waals surface area contributed by atoms with Crippen LogP contribution >= 0.6 is 11.6 Å². The third-order valence-electron chi connectivity index (χ3n) is 6.48. The van der Waals surface area contributed by atoms with Crippen molar-refractivity contribution in [3.8, 4) is 33.8 Å². The van der Waals surface area contributed by atoms with Gasteiger partial charge in [-0.2, -0.15) is 5.10 Å². The van der Waals surface area contributed by atoms with Crippen molar-refractivity contribution in [3.05, 3.63) is 114 Å². The fourth-order valence-electron chi connectivity index (χ4n) is 4.33. The average molecular weight is 581 g/mol. The molecule has 3 amide bonds. The van der Waals surface area contributed by atoms with Crippen LogP contribution < -0.4 is 20.7 Å². The monoisotopic (exact) mass is 580 g/mol. The minimum absolute atomic E-state index is 0.134. The quantitative estimate of drug-likeness (QED) is 0.170. The molecule has 212 valence electrons. The number of pyridine rings is 1. The molecule has 5 aromatic rings. The van der Waals surface area contributed by atoms with Gasteiger partial charge in [-0.15, -0.1) is 0 Å². The van der Waals surface area contributed by atoms with Gasteiger partial charge in [0, 0.05) is 54.1 Å². The number of aromatic nitrogens is 3. The van der Waals surface area contributed by atoms with Crippen molar-refractivity contribution in [3.63, 3.8) is 0 Å². The van der Waals surface area contributed by atoms with Crippen LogP contribution in [0.2, 0.25) is 5.02 Å². The minimum atomic E-state index is -0.324. The molecule has 2 heterocycles. The molecule has 0 atom stereocenters. The highest BCUT2D eigenvalue weighted by Crippen LogP contribution is 2.35. The van der Waals surface area contributed by atoms with Crippen molar-refractivity contribution in [2.24, 2.45) is 0 Å². The Balaban J connectivity index is 1.22. The van der Waals surface area contributed by atoms with Gasteiger partial charge in [0.1, 0.15) is 11.4 Å². The van der Waals surface area contributed by atoms with E-state index in [2.05, 4.69) is 20.9 Å². The summed E-state index contributed by atoms with van der Waals surface area (Å²) in [7, 11) is 1.58. The molecule has 3 N–H and O–H groups in total. The van der Waals surface area contributed by atoms with E-state index in [0.29, 0.717) is 41.5 Å². The zero-order valence-corrected chi connectivity index (χ0v) is 23.6. The van der Waals surface area contributed by atoms with E-state index in [1.807, 2.05) is 72.9 Å². The summed E-state index contributed by atoms with van der Waals surface area (Å²) in [4.78, 5) is 28.6. The second kappa shape index (κ2) is 13.5. The van der Waals surface area contributed by atoms with Crippen LogP contribution in [0, 0.1) is 0 Å². The number of rotatable bonds is 10. The zero-order valence-electron chi connectivity index (χ0n) is 22.9. The topological polar surface area (TPSA) is 110 Å². The van der Waals surface area contributed by atoms with Gasteiger partial charge in [-0.1, -0.05) is 35.9 Å². The van der Waals surface area contributed by atoms with Crippen molar-refractivity contribution >= 4 is 29.2 Å². The number of nitrogens with zero attached hydrogens (tertiary/aromatic N) is 3. The van der Waals surface area contributed by atoms with Crippen LogP contribution in [-0.4, -0.2) is 46.9 Å². The normalized spacial score (nSPS) is 10.6. The average Bonchev–Trinajstić information content (AvgIpc) is 3.48. The van der Waals surface area contributed by atoms with E-state index in [9.17, 15) is 9.59 Å². The van der Waals surface area contributed by atoms with Crippen molar-refractivity contribution in [2.45, 2.75) is 6.42 Å². The molecule has 0 fully saturated rings. The van der Waals surface area contributed by atoms with Crippen LogP contribution in [0.4, 0.5) is 10.5 Å². The van der Waals surface area contributed by atoms with Gasteiger partial charge in [-0.25, -0.2) is 9.48 Å². The van der Waals surface area contributed by atoms with Gasteiger partial charge in [0.25, 0.3) is 5.91 Å². The first-order valence-corrected chi connectivity index (χ1v) is 13.7. The van der Waals surface area contributed by atoms with E-state index in [1.54, 1.807) is 42.4 Å². The molecule has 0 unspecified atom stereocenters. The first kappa shape index (κ1) is 28.4. The van der Waals surface area contributed by atoms with Crippen molar-refractivity contribution in [1.82, 2.24) is 25.4 Å². The standard InChI is InChI=1S/C32H29ClN6O3/c1-42-29-20-24(8-13-28(29)33)30-27(22-14-18-34-19-15-22)21-39(38-30)26-11-9-25(10-12-26)37-32(41)36-17-5-16-35-31(40)23-6-3-2-4-7-23/h2-4,6-15,18-21H,5,16-17H2,1H3,(H,35,40)(H2,36,37,41). The molecule has 9 nitrogen and oxygen atoms in total. The Hall–Kier alpha value is -5.15. The number of hydrogen-bond acceptors (Lipinski definition) is 5. The van der Waals surface area contributed by atoms with E-state index in [0.717, 1.165) is 28.1 Å². The molecular formula is C32H29ClN6O3. The first-order valence-electron chi connectivity index (χ1n) is 13.3. The van der Waals surface area contributed by atoms with Gasteiger partial charge in [0.05, 0.1) is 17.8 Å². The Morgan fingerprint density at radius 1 is 0.881 bits per heavy atom. The number of anilines is 1. The highest BCUT2D eigenvalue weighted by Gasteiger charge is 2.16. The third kappa shape index (κ3) is 6.94. The Labute approximate surface area is 248 Å². The number of urea groups is 1. The Morgan fingerprint density at radius 3 is 2.36 bits per heavy atom. The fraction of sp³-hybridized carbons (Fsp3) is 0.125. The maximum atomic E-state index is 12.4. The number of hydrogen-bond donors (Lipinski definition) is 3. The van der Waals surface area contributed by atoms with Crippen LogP contribution in [0.15, 0.2) is 104 Å². The first-order chi connectivity index (χ1) is 20.5. The Morgan fingerprint density at radius 2 is 1.62 bits per heavy atom. The van der Waals surface area contributed by atoms with Crippen LogP contribution in [0.5, 0.6) is 5.75 Å². The lowest BCUT2D eigenvalue weighted by Gasteiger charge is -2.09. The number of carbonyl (C=O) groups is 2. The number of carbonyl (C=O) groups excluding carboxylic acids is 2. The molecule has 0 saturated heterocycles. The second-order valence-corrected chi connectivity index (χ2v) is 9.73. The molecule has 5 rings (SSSR count). The number of halogens is 1. The summed E-state index contributed by atoms with van der Waals surface area (Å²) in [5.74, 6) is 0.431. The lowest BCUT2D eigenvalue weighted by Crippen LogP contribution is -2.32. The summed E-state index contributed by atoms with van der Waals surface area (Å²) < 4.78 is 7.21. The third-order valence-corrected chi connectivity index (χ3v) is 6.79. The predicted octanol–water partition coefficient (Wildman–Crippen LogP) is 6.20. The summed E-state index contributed by atoms with van der Waals surface area (Å²) >= 11 is 6.26. The maximum absolute atomic E-state index is 12.4. The lowest BCUT2D eigenvalue weighted by molar-refractivity contribution is 0.0953. The molecule has 3 aromatic carbocycles. The molecule has 0 aliphatic carbocycles. The van der Waals surface area contributed by atoms with Crippen LogP contribution in [0.25, 0.3) is 28.1 Å². The highest BCUT2D eigenvalue weighted by molar-refractivity contribution is 6.32. The van der Waals surface area contributed by atoms with Crippen molar-refractivity contribution in [1.29, 1.82) is 0 Å².